The number of hydrogen-bond acceptors (Lipinski definition) is 3. The molecule has 1 fully saturated rings. The fourth-order valence-corrected chi connectivity index (χ4v) is 2.58. The molecule has 1 heterocycles. The molecule has 0 atom stereocenters. The van der Waals surface area contributed by atoms with Gasteiger partial charge in [0.05, 0.1) is 12.2 Å². The lowest BCUT2D eigenvalue weighted by Crippen LogP contribution is -2.46. The molecule has 1 saturated heterocycles. The second-order valence-electron chi connectivity index (χ2n) is 7.71. The first-order valence-corrected chi connectivity index (χ1v) is 8.56. The molecule has 4 nitrogen and oxygen atoms in total. The topological polar surface area (TPSA) is 41.6 Å². The van der Waals surface area contributed by atoms with Crippen LogP contribution in [-0.2, 0) is 5.41 Å². The van der Waals surface area contributed by atoms with Crippen LogP contribution in [0.15, 0.2) is 18.2 Å². The molecule has 0 bridgehead atoms. The van der Waals surface area contributed by atoms with Gasteiger partial charge in [0.15, 0.2) is 0 Å². The van der Waals surface area contributed by atoms with Crippen molar-refractivity contribution in [3.63, 3.8) is 0 Å². The molecular weight excluding hydrogens is 288 g/mol. The van der Waals surface area contributed by atoms with Crippen molar-refractivity contribution in [2.24, 2.45) is 5.92 Å². The molecule has 1 amide bonds. The average molecular weight is 318 g/mol. The maximum atomic E-state index is 13.0. The van der Waals surface area contributed by atoms with Crippen molar-refractivity contribution in [2.75, 3.05) is 32.8 Å². The van der Waals surface area contributed by atoms with E-state index in [1.54, 1.807) is 0 Å². The Morgan fingerprint density at radius 2 is 1.91 bits per heavy atom. The monoisotopic (exact) mass is 318 g/mol. The Bertz CT molecular complexity index is 541. The maximum absolute atomic E-state index is 13.0. The third-order valence-corrected chi connectivity index (χ3v) is 4.05. The van der Waals surface area contributed by atoms with Gasteiger partial charge in [-0.25, -0.2) is 0 Å². The van der Waals surface area contributed by atoms with Crippen molar-refractivity contribution in [2.45, 2.75) is 40.0 Å². The highest BCUT2D eigenvalue weighted by Gasteiger charge is 2.24. The molecule has 1 N–H and O–H groups in total. The van der Waals surface area contributed by atoms with E-state index in [-0.39, 0.29) is 11.3 Å². The zero-order valence-corrected chi connectivity index (χ0v) is 15.1. The van der Waals surface area contributed by atoms with E-state index in [9.17, 15) is 4.79 Å². The first-order valence-electron chi connectivity index (χ1n) is 8.56. The predicted octanol–water partition coefficient (Wildman–Crippen LogP) is 3.06. The standard InChI is InChI=1S/C19H30N2O2/c1-14(2)13-23-17-7-6-15(19(3,4)5)12-16(17)18(22)21-10-8-20-9-11-21/h6-7,12,14,20H,8-11,13H2,1-5H3. The molecule has 23 heavy (non-hydrogen) atoms. The number of amides is 1. The summed E-state index contributed by atoms with van der Waals surface area (Å²) in [7, 11) is 0. The van der Waals surface area contributed by atoms with Gasteiger partial charge in [0, 0.05) is 26.2 Å². The van der Waals surface area contributed by atoms with Gasteiger partial charge in [-0.3, -0.25) is 4.79 Å². The van der Waals surface area contributed by atoms with Crippen molar-refractivity contribution >= 4 is 5.91 Å². The van der Waals surface area contributed by atoms with Crippen LogP contribution in [0.3, 0.4) is 0 Å². The summed E-state index contributed by atoms with van der Waals surface area (Å²) in [6.45, 7) is 14.5. The maximum Gasteiger partial charge on any atom is 0.257 e. The number of benzene rings is 1. The summed E-state index contributed by atoms with van der Waals surface area (Å²) in [5.41, 5.74) is 1.86. The van der Waals surface area contributed by atoms with Crippen molar-refractivity contribution in [3.8, 4) is 5.75 Å². The van der Waals surface area contributed by atoms with Crippen molar-refractivity contribution in [1.29, 1.82) is 0 Å². The minimum atomic E-state index is 0.00899. The number of hydrogen-bond donors (Lipinski definition) is 1. The van der Waals surface area contributed by atoms with Gasteiger partial charge in [0.1, 0.15) is 5.75 Å². The Labute approximate surface area is 140 Å². The van der Waals surface area contributed by atoms with Gasteiger partial charge in [-0.05, 0) is 29.0 Å². The van der Waals surface area contributed by atoms with Crippen LogP contribution in [0.4, 0.5) is 0 Å². The minimum Gasteiger partial charge on any atom is -0.492 e. The highest BCUT2D eigenvalue weighted by atomic mass is 16.5. The molecule has 0 saturated carbocycles. The number of ether oxygens (including phenoxy) is 1. The van der Waals surface area contributed by atoms with E-state index in [0.717, 1.165) is 31.7 Å². The zero-order valence-electron chi connectivity index (χ0n) is 15.1. The predicted molar refractivity (Wildman–Crippen MR) is 94.2 cm³/mol. The lowest BCUT2D eigenvalue weighted by Gasteiger charge is -2.29. The number of carbonyl (C=O) groups is 1. The summed E-state index contributed by atoms with van der Waals surface area (Å²) in [6.07, 6.45) is 0. The first kappa shape index (κ1) is 17.8. The van der Waals surface area contributed by atoms with Gasteiger partial charge in [0.25, 0.3) is 5.91 Å². The Balaban J connectivity index is 2.32. The van der Waals surface area contributed by atoms with Crippen LogP contribution in [0, 0.1) is 5.92 Å². The van der Waals surface area contributed by atoms with Crippen molar-refractivity contribution in [3.05, 3.63) is 29.3 Å². The molecule has 0 aromatic heterocycles. The first-order chi connectivity index (χ1) is 10.8. The van der Waals surface area contributed by atoms with Crippen LogP contribution in [0.25, 0.3) is 0 Å². The third kappa shape index (κ3) is 4.71. The molecular formula is C19H30N2O2. The van der Waals surface area contributed by atoms with E-state index >= 15 is 0 Å². The summed E-state index contributed by atoms with van der Waals surface area (Å²) in [5, 5.41) is 3.29. The molecule has 1 aromatic carbocycles. The van der Waals surface area contributed by atoms with Crippen molar-refractivity contribution < 1.29 is 9.53 Å². The SMILES string of the molecule is CC(C)COc1ccc(C(C)(C)C)cc1C(=O)N1CCNCC1. The molecule has 0 spiro atoms. The van der Waals surface area contributed by atoms with Crippen LogP contribution >= 0.6 is 0 Å². The molecule has 4 heteroatoms. The smallest absolute Gasteiger partial charge is 0.257 e. The summed E-state index contributed by atoms with van der Waals surface area (Å²) < 4.78 is 5.92. The van der Waals surface area contributed by atoms with E-state index < -0.39 is 0 Å². The van der Waals surface area contributed by atoms with Crippen LogP contribution in [-0.4, -0.2) is 43.6 Å². The van der Waals surface area contributed by atoms with E-state index in [0.29, 0.717) is 23.8 Å². The van der Waals surface area contributed by atoms with Gasteiger partial charge in [-0.15, -0.1) is 0 Å². The summed E-state index contributed by atoms with van der Waals surface area (Å²) in [4.78, 5) is 14.9. The van der Waals surface area contributed by atoms with Crippen LogP contribution in [0.1, 0.15) is 50.5 Å². The highest BCUT2D eigenvalue weighted by molar-refractivity contribution is 5.97. The van der Waals surface area contributed by atoms with Crippen LogP contribution in [0.5, 0.6) is 5.75 Å². The number of nitrogens with zero attached hydrogens (tertiary/aromatic N) is 1. The Kier molecular flexibility index (Phi) is 5.69. The number of piperazine rings is 1. The van der Waals surface area contributed by atoms with Gasteiger partial charge in [-0.2, -0.15) is 0 Å². The normalized spacial score (nSPS) is 15.8. The fraction of sp³-hybridized carbons (Fsp3) is 0.632. The van der Waals surface area contributed by atoms with Gasteiger partial charge in [0.2, 0.25) is 0 Å². The van der Waals surface area contributed by atoms with Crippen LogP contribution in [0.2, 0.25) is 0 Å². The fourth-order valence-electron chi connectivity index (χ4n) is 2.58. The molecule has 1 aliphatic rings. The van der Waals surface area contributed by atoms with Gasteiger partial charge >= 0.3 is 0 Å². The van der Waals surface area contributed by atoms with Crippen LogP contribution < -0.4 is 10.1 Å². The molecule has 128 valence electrons. The number of rotatable bonds is 4. The molecule has 0 unspecified atom stereocenters. The number of nitrogens with one attached hydrogen (secondary N) is 1. The average Bonchev–Trinajstić information content (AvgIpc) is 2.52. The highest BCUT2D eigenvalue weighted by Crippen LogP contribution is 2.29. The van der Waals surface area contributed by atoms with Gasteiger partial charge < -0.3 is 15.0 Å². The van der Waals surface area contributed by atoms with E-state index in [2.05, 4.69) is 46.0 Å². The molecule has 1 aromatic rings. The lowest BCUT2D eigenvalue weighted by atomic mass is 9.86. The quantitative estimate of drug-likeness (QED) is 0.927. The summed E-state index contributed by atoms with van der Waals surface area (Å²) >= 11 is 0. The minimum absolute atomic E-state index is 0.00899. The third-order valence-electron chi connectivity index (χ3n) is 4.05. The lowest BCUT2D eigenvalue weighted by molar-refractivity contribution is 0.0730. The summed E-state index contributed by atoms with van der Waals surface area (Å²) in [5.74, 6) is 1.21. The largest absolute Gasteiger partial charge is 0.492 e. The van der Waals surface area contributed by atoms with E-state index in [1.807, 2.05) is 17.0 Å². The Morgan fingerprint density at radius 1 is 1.26 bits per heavy atom. The zero-order chi connectivity index (χ0) is 17.0. The Hall–Kier alpha value is -1.55. The summed E-state index contributed by atoms with van der Waals surface area (Å²) in [6, 6.07) is 6.04. The molecule has 1 aliphatic heterocycles. The molecule has 0 radical (unpaired) electrons. The second-order valence-corrected chi connectivity index (χ2v) is 7.71. The molecule has 2 rings (SSSR count). The Morgan fingerprint density at radius 3 is 2.48 bits per heavy atom. The van der Waals surface area contributed by atoms with E-state index in [1.165, 1.54) is 0 Å². The second kappa shape index (κ2) is 7.35. The van der Waals surface area contributed by atoms with Gasteiger partial charge in [-0.1, -0.05) is 40.7 Å². The molecule has 0 aliphatic carbocycles. The number of carbonyl (C=O) groups excluding carboxylic acids is 1. The van der Waals surface area contributed by atoms with Crippen molar-refractivity contribution in [1.82, 2.24) is 10.2 Å². The van der Waals surface area contributed by atoms with E-state index in [4.69, 9.17) is 4.74 Å².